The molecule has 0 spiro atoms. The maximum Gasteiger partial charge on any atom is 0.239 e. The molecule has 128 valence electrons. The highest BCUT2D eigenvalue weighted by atomic mass is 16.1. The zero-order chi connectivity index (χ0) is 17.6. The van der Waals surface area contributed by atoms with E-state index in [-0.39, 0.29) is 11.9 Å². The van der Waals surface area contributed by atoms with Crippen LogP contribution in [0.4, 0.5) is 5.82 Å². The van der Waals surface area contributed by atoms with E-state index >= 15 is 0 Å². The van der Waals surface area contributed by atoms with Crippen LogP contribution in [0.2, 0.25) is 0 Å². The third kappa shape index (κ3) is 4.14. The van der Waals surface area contributed by atoms with Crippen molar-refractivity contribution in [3.05, 3.63) is 59.8 Å². The molecule has 0 saturated carbocycles. The molecule has 2 atom stereocenters. The molecule has 1 saturated heterocycles. The van der Waals surface area contributed by atoms with Gasteiger partial charge in [0.15, 0.2) is 0 Å². The quantitative estimate of drug-likeness (QED) is 0.841. The van der Waals surface area contributed by atoms with E-state index < -0.39 is 0 Å². The van der Waals surface area contributed by atoms with Crippen molar-refractivity contribution in [2.24, 2.45) is 11.7 Å². The lowest BCUT2D eigenvalue weighted by atomic mass is 10.0. The van der Waals surface area contributed by atoms with Gasteiger partial charge in [-0.15, -0.1) is 0 Å². The molecule has 6 heteroatoms. The molecule has 2 aromatic rings. The average molecular weight is 335 g/mol. The highest BCUT2D eigenvalue weighted by molar-refractivity contribution is 5.81. The monoisotopic (exact) mass is 335 g/mol. The SMILES string of the molecule is N#Cc1ccc(NC[C@H]2CCN([C@@H](C(N)=O)c3ccccc3)C2)nc1. The van der Waals surface area contributed by atoms with Crippen molar-refractivity contribution in [1.29, 1.82) is 5.26 Å². The van der Waals surface area contributed by atoms with Gasteiger partial charge in [0, 0.05) is 19.3 Å². The van der Waals surface area contributed by atoms with Crippen molar-refractivity contribution in [2.45, 2.75) is 12.5 Å². The van der Waals surface area contributed by atoms with Crippen molar-refractivity contribution < 1.29 is 4.79 Å². The Balaban J connectivity index is 1.58. The fourth-order valence-corrected chi connectivity index (χ4v) is 3.27. The van der Waals surface area contributed by atoms with E-state index in [1.165, 1.54) is 0 Å². The third-order valence-corrected chi connectivity index (χ3v) is 4.53. The maximum atomic E-state index is 12.0. The van der Waals surface area contributed by atoms with Crippen LogP contribution in [-0.2, 0) is 4.79 Å². The first kappa shape index (κ1) is 16.9. The third-order valence-electron chi connectivity index (χ3n) is 4.53. The number of nitrogens with one attached hydrogen (secondary N) is 1. The van der Waals surface area contributed by atoms with Crippen LogP contribution in [-0.4, -0.2) is 35.4 Å². The van der Waals surface area contributed by atoms with Crippen LogP contribution in [0, 0.1) is 17.2 Å². The molecule has 3 N–H and O–H groups in total. The molecule has 1 aromatic heterocycles. The van der Waals surface area contributed by atoms with Gasteiger partial charge >= 0.3 is 0 Å². The van der Waals surface area contributed by atoms with Gasteiger partial charge in [-0.05, 0) is 36.6 Å². The van der Waals surface area contributed by atoms with Crippen molar-refractivity contribution in [2.75, 3.05) is 25.0 Å². The van der Waals surface area contributed by atoms with Crippen molar-refractivity contribution >= 4 is 11.7 Å². The summed E-state index contributed by atoms with van der Waals surface area (Å²) in [5.74, 6) is 0.864. The van der Waals surface area contributed by atoms with Crippen LogP contribution in [0.3, 0.4) is 0 Å². The summed E-state index contributed by atoms with van der Waals surface area (Å²) >= 11 is 0. The highest BCUT2D eigenvalue weighted by Gasteiger charge is 2.32. The summed E-state index contributed by atoms with van der Waals surface area (Å²) in [6, 6.07) is 14.9. The number of primary amides is 1. The number of likely N-dealkylation sites (tertiary alicyclic amines) is 1. The van der Waals surface area contributed by atoms with Gasteiger partial charge in [-0.25, -0.2) is 4.98 Å². The molecule has 0 radical (unpaired) electrons. The summed E-state index contributed by atoms with van der Waals surface area (Å²) in [5.41, 5.74) is 7.14. The second kappa shape index (κ2) is 7.77. The van der Waals surface area contributed by atoms with E-state index in [1.54, 1.807) is 18.3 Å². The highest BCUT2D eigenvalue weighted by Crippen LogP contribution is 2.27. The number of benzene rings is 1. The van der Waals surface area contributed by atoms with Crippen LogP contribution >= 0.6 is 0 Å². The average Bonchev–Trinajstić information content (AvgIpc) is 3.09. The Morgan fingerprint density at radius 1 is 1.36 bits per heavy atom. The van der Waals surface area contributed by atoms with Gasteiger partial charge in [-0.2, -0.15) is 5.26 Å². The molecule has 1 aliphatic heterocycles. The van der Waals surface area contributed by atoms with Crippen LogP contribution in [0.1, 0.15) is 23.6 Å². The minimum atomic E-state index is -0.376. The molecule has 1 aliphatic rings. The zero-order valence-electron chi connectivity index (χ0n) is 13.9. The smallest absolute Gasteiger partial charge is 0.239 e. The predicted molar refractivity (Wildman–Crippen MR) is 95.5 cm³/mol. The zero-order valence-corrected chi connectivity index (χ0v) is 13.9. The topological polar surface area (TPSA) is 95.0 Å². The minimum absolute atomic E-state index is 0.312. The first-order valence-corrected chi connectivity index (χ1v) is 8.35. The molecule has 2 heterocycles. The molecule has 25 heavy (non-hydrogen) atoms. The van der Waals surface area contributed by atoms with E-state index in [0.29, 0.717) is 11.5 Å². The number of carbonyl (C=O) groups excluding carboxylic acids is 1. The van der Waals surface area contributed by atoms with Crippen LogP contribution in [0.25, 0.3) is 0 Å². The summed E-state index contributed by atoms with van der Waals surface area (Å²) in [7, 11) is 0. The standard InChI is InChI=1S/C19H21N5O/c20-10-14-6-7-17(22-11-14)23-12-15-8-9-24(13-15)18(19(21)25)16-4-2-1-3-5-16/h1-7,11,15,18H,8-9,12-13H2,(H2,21,25)(H,22,23)/t15-,18-/m1/s1. The van der Waals surface area contributed by atoms with Gasteiger partial charge in [-0.1, -0.05) is 30.3 Å². The fraction of sp³-hybridized carbons (Fsp3) is 0.316. The lowest BCUT2D eigenvalue weighted by Crippen LogP contribution is -2.36. The molecular weight excluding hydrogens is 314 g/mol. The summed E-state index contributed by atoms with van der Waals surface area (Å²) in [4.78, 5) is 18.3. The first-order valence-electron chi connectivity index (χ1n) is 8.35. The van der Waals surface area contributed by atoms with Gasteiger partial charge < -0.3 is 11.1 Å². The van der Waals surface area contributed by atoms with Crippen LogP contribution in [0.5, 0.6) is 0 Å². The molecule has 1 aromatic carbocycles. The Labute approximate surface area is 147 Å². The van der Waals surface area contributed by atoms with E-state index in [9.17, 15) is 4.79 Å². The summed E-state index contributed by atoms with van der Waals surface area (Å²) in [6.45, 7) is 2.43. The van der Waals surface area contributed by atoms with Gasteiger partial charge in [-0.3, -0.25) is 9.69 Å². The number of nitrogens with two attached hydrogens (primary N) is 1. The van der Waals surface area contributed by atoms with Gasteiger partial charge in [0.25, 0.3) is 0 Å². The van der Waals surface area contributed by atoms with E-state index in [0.717, 1.165) is 37.4 Å². The van der Waals surface area contributed by atoms with Gasteiger partial charge in [0.2, 0.25) is 5.91 Å². The maximum absolute atomic E-state index is 12.0. The molecule has 0 unspecified atom stereocenters. The number of nitriles is 1. The van der Waals surface area contributed by atoms with Crippen molar-refractivity contribution in [3.8, 4) is 6.07 Å². The van der Waals surface area contributed by atoms with Crippen LogP contribution in [0.15, 0.2) is 48.7 Å². The number of hydrogen-bond donors (Lipinski definition) is 2. The number of nitrogens with zero attached hydrogens (tertiary/aromatic N) is 3. The Morgan fingerprint density at radius 3 is 2.80 bits per heavy atom. The lowest BCUT2D eigenvalue weighted by Gasteiger charge is -2.25. The fourth-order valence-electron chi connectivity index (χ4n) is 3.27. The Morgan fingerprint density at radius 2 is 2.16 bits per heavy atom. The van der Waals surface area contributed by atoms with E-state index in [1.807, 2.05) is 30.3 Å². The molecular formula is C19H21N5O. The van der Waals surface area contributed by atoms with E-state index in [4.69, 9.17) is 11.0 Å². The van der Waals surface area contributed by atoms with Crippen LogP contribution < -0.4 is 11.1 Å². The Hall–Kier alpha value is -2.91. The lowest BCUT2D eigenvalue weighted by molar-refractivity contribution is -0.123. The number of carbonyl (C=O) groups is 1. The molecule has 3 rings (SSSR count). The molecule has 1 amide bonds. The van der Waals surface area contributed by atoms with Gasteiger partial charge in [0.05, 0.1) is 5.56 Å². The summed E-state index contributed by atoms with van der Waals surface area (Å²) < 4.78 is 0. The van der Waals surface area contributed by atoms with Crippen molar-refractivity contribution in [1.82, 2.24) is 9.88 Å². The van der Waals surface area contributed by atoms with E-state index in [2.05, 4.69) is 21.3 Å². The minimum Gasteiger partial charge on any atom is -0.370 e. The second-order valence-corrected chi connectivity index (χ2v) is 6.29. The number of hydrogen-bond acceptors (Lipinski definition) is 5. The number of rotatable bonds is 6. The number of anilines is 1. The summed E-state index contributed by atoms with van der Waals surface area (Å²) in [6.07, 6.45) is 2.56. The number of pyridine rings is 1. The van der Waals surface area contributed by atoms with Crippen molar-refractivity contribution in [3.63, 3.8) is 0 Å². The summed E-state index contributed by atoms with van der Waals surface area (Å²) in [5, 5.41) is 12.1. The second-order valence-electron chi connectivity index (χ2n) is 6.29. The molecule has 1 fully saturated rings. The molecule has 6 nitrogen and oxygen atoms in total. The predicted octanol–water partition coefficient (Wildman–Crippen LogP) is 1.91. The van der Waals surface area contributed by atoms with Gasteiger partial charge in [0.1, 0.15) is 17.9 Å². The first-order chi connectivity index (χ1) is 12.2. The number of aromatic nitrogens is 1. The number of amides is 1. The molecule has 0 bridgehead atoms. The Kier molecular flexibility index (Phi) is 5.26. The normalized spacial score (nSPS) is 18.4. The molecule has 0 aliphatic carbocycles. The largest absolute Gasteiger partial charge is 0.370 e. The Bertz CT molecular complexity index is 754.